The Hall–Kier alpha value is -1.62. The van der Waals surface area contributed by atoms with Gasteiger partial charge >= 0.3 is 6.09 Å². The minimum atomic E-state index is -0.266. The third-order valence-corrected chi connectivity index (χ3v) is 3.54. The van der Waals surface area contributed by atoms with Crippen LogP contribution in [0.5, 0.6) is 0 Å². The van der Waals surface area contributed by atoms with Gasteiger partial charge in [0.15, 0.2) is 0 Å². The summed E-state index contributed by atoms with van der Waals surface area (Å²) in [6, 6.07) is 6.32. The zero-order chi connectivity index (χ0) is 12.5. The minimum absolute atomic E-state index is 0.000742. The highest BCUT2D eigenvalue weighted by Crippen LogP contribution is 2.25. The Morgan fingerprint density at radius 3 is 2.94 bits per heavy atom. The molecule has 1 aromatic rings. The Balaban J connectivity index is 1.75. The van der Waals surface area contributed by atoms with E-state index in [0.29, 0.717) is 6.54 Å². The lowest BCUT2D eigenvalue weighted by Crippen LogP contribution is -2.48. The normalized spacial score (nSPS) is 26.9. The van der Waals surface area contributed by atoms with Crippen LogP contribution in [0.15, 0.2) is 24.3 Å². The van der Waals surface area contributed by atoms with Crippen molar-refractivity contribution in [2.75, 3.05) is 13.1 Å². The highest BCUT2D eigenvalue weighted by Gasteiger charge is 2.42. The topological polar surface area (TPSA) is 41.6 Å². The van der Waals surface area contributed by atoms with Gasteiger partial charge < -0.3 is 10.1 Å². The van der Waals surface area contributed by atoms with Crippen LogP contribution in [0.3, 0.4) is 0 Å². The fraction of sp³-hybridized carbons (Fsp3) is 0.462. The molecule has 0 spiro atoms. The first kappa shape index (κ1) is 11.5. The number of piperidine rings is 1. The number of benzene rings is 1. The van der Waals surface area contributed by atoms with Crippen LogP contribution in [0.1, 0.15) is 12.0 Å². The van der Waals surface area contributed by atoms with Crippen LogP contribution in [-0.2, 0) is 11.3 Å². The molecule has 0 aromatic heterocycles. The Bertz CT molecular complexity index is 449. The minimum Gasteiger partial charge on any atom is -0.444 e. The number of amides is 1. The molecule has 4 nitrogen and oxygen atoms in total. The van der Waals surface area contributed by atoms with E-state index in [-0.39, 0.29) is 24.1 Å². The summed E-state index contributed by atoms with van der Waals surface area (Å²) < 4.78 is 18.2. The summed E-state index contributed by atoms with van der Waals surface area (Å²) in [5.41, 5.74) is 0.916. The lowest BCUT2D eigenvalue weighted by atomic mass is 10.0. The molecule has 3 rings (SSSR count). The Morgan fingerprint density at radius 1 is 1.39 bits per heavy atom. The van der Waals surface area contributed by atoms with Crippen molar-refractivity contribution in [1.29, 1.82) is 0 Å². The van der Waals surface area contributed by atoms with Crippen LogP contribution in [0.25, 0.3) is 0 Å². The van der Waals surface area contributed by atoms with E-state index in [4.69, 9.17) is 4.74 Å². The number of nitrogens with one attached hydrogen (secondary N) is 1. The van der Waals surface area contributed by atoms with Crippen molar-refractivity contribution in [2.24, 2.45) is 0 Å². The summed E-state index contributed by atoms with van der Waals surface area (Å²) in [7, 11) is 0. The van der Waals surface area contributed by atoms with Crippen molar-refractivity contribution in [1.82, 2.24) is 10.2 Å². The van der Waals surface area contributed by atoms with Crippen molar-refractivity contribution < 1.29 is 13.9 Å². The van der Waals surface area contributed by atoms with Crippen LogP contribution in [-0.4, -0.2) is 36.2 Å². The number of rotatable bonds is 2. The van der Waals surface area contributed by atoms with Crippen molar-refractivity contribution in [3.8, 4) is 0 Å². The molecule has 2 unspecified atom stereocenters. The molecule has 18 heavy (non-hydrogen) atoms. The number of hydrogen-bond acceptors (Lipinski definition) is 3. The standard InChI is InChI=1S/C13H15FN2O2/c14-10-3-1-9(2-4-10)8-16-11-7-15-6-5-12(11)18-13(16)17/h1-4,11-12,15H,5-8H2. The number of hydrogen-bond donors (Lipinski definition) is 1. The van der Waals surface area contributed by atoms with Crippen molar-refractivity contribution in [3.63, 3.8) is 0 Å². The number of ether oxygens (including phenoxy) is 1. The van der Waals surface area contributed by atoms with Crippen molar-refractivity contribution in [3.05, 3.63) is 35.6 Å². The molecule has 5 heteroatoms. The molecule has 2 saturated heterocycles. The second kappa shape index (κ2) is 4.57. The number of fused-ring (bicyclic) bond motifs is 1. The lowest BCUT2D eigenvalue weighted by Gasteiger charge is -2.28. The van der Waals surface area contributed by atoms with Crippen LogP contribution >= 0.6 is 0 Å². The number of nitrogens with zero attached hydrogens (tertiary/aromatic N) is 1. The summed E-state index contributed by atoms with van der Waals surface area (Å²) in [5, 5.41) is 3.27. The summed E-state index contributed by atoms with van der Waals surface area (Å²) in [4.78, 5) is 13.5. The second-order valence-corrected chi connectivity index (χ2v) is 4.74. The van der Waals surface area contributed by atoms with Crippen molar-refractivity contribution >= 4 is 6.09 Å². The molecule has 0 saturated carbocycles. The Kier molecular flexibility index (Phi) is 2.91. The van der Waals surface area contributed by atoms with Gasteiger partial charge in [0.1, 0.15) is 11.9 Å². The van der Waals surface area contributed by atoms with Gasteiger partial charge in [-0.15, -0.1) is 0 Å². The molecule has 0 aliphatic carbocycles. The van der Waals surface area contributed by atoms with E-state index in [1.807, 2.05) is 0 Å². The Morgan fingerprint density at radius 2 is 2.17 bits per heavy atom. The lowest BCUT2D eigenvalue weighted by molar-refractivity contribution is 0.117. The zero-order valence-corrected chi connectivity index (χ0v) is 9.93. The number of carbonyl (C=O) groups is 1. The highest BCUT2D eigenvalue weighted by atomic mass is 19.1. The smallest absolute Gasteiger partial charge is 0.410 e. The molecule has 1 aromatic carbocycles. The van der Waals surface area contributed by atoms with Gasteiger partial charge in [0.25, 0.3) is 0 Å². The zero-order valence-electron chi connectivity index (χ0n) is 9.93. The van der Waals surface area contributed by atoms with Gasteiger partial charge in [0.2, 0.25) is 0 Å². The Labute approximate surface area is 105 Å². The van der Waals surface area contributed by atoms with Crippen molar-refractivity contribution in [2.45, 2.75) is 25.1 Å². The summed E-state index contributed by atoms with van der Waals surface area (Å²) >= 11 is 0. The molecule has 2 aliphatic heterocycles. The maximum atomic E-state index is 12.8. The van der Waals surface area contributed by atoms with E-state index >= 15 is 0 Å². The molecule has 2 aliphatic rings. The SMILES string of the molecule is O=C1OC2CCNCC2N1Cc1ccc(F)cc1. The van der Waals surface area contributed by atoms with Gasteiger partial charge in [-0.3, -0.25) is 4.90 Å². The van der Waals surface area contributed by atoms with Gasteiger partial charge in [-0.05, 0) is 30.7 Å². The molecule has 1 N–H and O–H groups in total. The van der Waals surface area contributed by atoms with E-state index in [0.717, 1.165) is 25.1 Å². The van der Waals surface area contributed by atoms with Gasteiger partial charge in [-0.2, -0.15) is 0 Å². The largest absolute Gasteiger partial charge is 0.444 e. The van der Waals surface area contributed by atoms with Gasteiger partial charge in [0.05, 0.1) is 6.04 Å². The molecular weight excluding hydrogens is 235 g/mol. The van der Waals surface area contributed by atoms with Crippen LogP contribution < -0.4 is 5.32 Å². The fourth-order valence-corrected chi connectivity index (χ4v) is 2.57. The molecule has 2 fully saturated rings. The second-order valence-electron chi connectivity index (χ2n) is 4.74. The monoisotopic (exact) mass is 250 g/mol. The molecule has 0 radical (unpaired) electrons. The third-order valence-electron chi connectivity index (χ3n) is 3.54. The van der Waals surface area contributed by atoms with E-state index in [9.17, 15) is 9.18 Å². The molecule has 2 heterocycles. The quantitative estimate of drug-likeness (QED) is 0.865. The molecule has 0 bridgehead atoms. The number of carbonyl (C=O) groups excluding carboxylic acids is 1. The molecule has 2 atom stereocenters. The summed E-state index contributed by atoms with van der Waals surface area (Å²) in [5.74, 6) is -0.264. The van der Waals surface area contributed by atoms with Gasteiger partial charge in [-0.1, -0.05) is 12.1 Å². The maximum Gasteiger partial charge on any atom is 0.410 e. The third kappa shape index (κ3) is 2.06. The van der Waals surface area contributed by atoms with Crippen LogP contribution in [0.2, 0.25) is 0 Å². The van der Waals surface area contributed by atoms with Gasteiger partial charge in [-0.25, -0.2) is 9.18 Å². The van der Waals surface area contributed by atoms with Crippen LogP contribution in [0, 0.1) is 5.82 Å². The summed E-state index contributed by atoms with van der Waals surface area (Å²) in [6.45, 7) is 2.12. The molecule has 96 valence electrons. The van der Waals surface area contributed by atoms with E-state index in [1.54, 1.807) is 17.0 Å². The average molecular weight is 250 g/mol. The predicted octanol–water partition coefficient (Wildman–Crippen LogP) is 1.51. The van der Waals surface area contributed by atoms with E-state index < -0.39 is 0 Å². The average Bonchev–Trinajstić information content (AvgIpc) is 2.69. The first-order valence-electron chi connectivity index (χ1n) is 6.16. The predicted molar refractivity (Wildman–Crippen MR) is 63.5 cm³/mol. The van der Waals surface area contributed by atoms with Crippen LogP contribution in [0.4, 0.5) is 9.18 Å². The summed E-state index contributed by atoms with van der Waals surface area (Å²) in [6.07, 6.45) is 0.591. The van der Waals surface area contributed by atoms with E-state index in [1.165, 1.54) is 12.1 Å². The molecule has 1 amide bonds. The van der Waals surface area contributed by atoms with E-state index in [2.05, 4.69) is 5.32 Å². The van der Waals surface area contributed by atoms with Gasteiger partial charge in [0, 0.05) is 13.1 Å². The molecular formula is C13H15FN2O2. The number of halogens is 1. The highest BCUT2D eigenvalue weighted by molar-refractivity contribution is 5.71. The maximum absolute atomic E-state index is 12.8. The first-order chi connectivity index (χ1) is 8.74. The first-order valence-corrected chi connectivity index (χ1v) is 6.16. The fourth-order valence-electron chi connectivity index (χ4n) is 2.57.